The first-order chi connectivity index (χ1) is 11.2. The Morgan fingerprint density at radius 2 is 1.48 bits per heavy atom. The van der Waals surface area contributed by atoms with Gasteiger partial charge in [0.1, 0.15) is 6.42 Å². The van der Waals surface area contributed by atoms with Crippen LogP contribution in [0.15, 0.2) is 54.6 Å². The average Bonchev–Trinajstić information content (AvgIpc) is 2.81. The van der Waals surface area contributed by atoms with Crippen LogP contribution in [0.1, 0.15) is 32.7 Å². The number of rotatable bonds is 2. The third kappa shape index (κ3) is 2.97. The lowest BCUT2D eigenvalue weighted by molar-refractivity contribution is -0.167. The van der Waals surface area contributed by atoms with Crippen molar-refractivity contribution in [1.29, 1.82) is 0 Å². The molecule has 0 radical (unpaired) electrons. The Morgan fingerprint density at radius 1 is 0.913 bits per heavy atom. The summed E-state index contributed by atoms with van der Waals surface area (Å²) >= 11 is 0. The van der Waals surface area contributed by atoms with Crippen molar-refractivity contribution < 1.29 is 19.2 Å². The summed E-state index contributed by atoms with van der Waals surface area (Å²) in [6, 6.07) is 15.5. The number of hydrogen-bond acceptors (Lipinski definition) is 4. The van der Waals surface area contributed by atoms with Crippen LogP contribution in [0.2, 0.25) is 0 Å². The Morgan fingerprint density at radius 3 is 2.09 bits per heavy atom. The number of carbonyl (C=O) groups is 3. The summed E-state index contributed by atoms with van der Waals surface area (Å²) in [6.07, 6.45) is -0.220. The van der Waals surface area contributed by atoms with Crippen LogP contribution in [0.25, 0.3) is 0 Å². The Labute approximate surface area is 132 Å². The predicted molar refractivity (Wildman–Crippen MR) is 81.0 cm³/mol. The van der Waals surface area contributed by atoms with E-state index in [0.29, 0.717) is 5.06 Å². The summed E-state index contributed by atoms with van der Waals surface area (Å²) in [7, 11) is 0. The molecule has 1 aliphatic rings. The van der Waals surface area contributed by atoms with Gasteiger partial charge in [0, 0.05) is 5.56 Å². The summed E-state index contributed by atoms with van der Waals surface area (Å²) < 4.78 is 0. The normalized spacial score (nSPS) is 12.4. The molecule has 0 N–H and O–H groups in total. The molecule has 0 aromatic heterocycles. The minimum absolute atomic E-state index is 0.220. The molecule has 0 fully saturated rings. The molecule has 23 heavy (non-hydrogen) atoms. The molecule has 0 saturated heterocycles. The van der Waals surface area contributed by atoms with Gasteiger partial charge in [-0.3, -0.25) is 9.59 Å². The quantitative estimate of drug-likeness (QED) is 0.630. The van der Waals surface area contributed by atoms with E-state index in [-0.39, 0.29) is 17.5 Å². The van der Waals surface area contributed by atoms with E-state index in [0.717, 1.165) is 5.56 Å². The zero-order valence-corrected chi connectivity index (χ0v) is 12.0. The van der Waals surface area contributed by atoms with Gasteiger partial charge >= 0.3 is 5.97 Å². The highest BCUT2D eigenvalue weighted by molar-refractivity contribution is 6.20. The number of hydrogen-bond donors (Lipinski definition) is 0. The van der Waals surface area contributed by atoms with E-state index in [4.69, 9.17) is 4.84 Å². The number of carbonyl (C=O) groups excluding carboxylic acids is 3. The number of hydroxylamine groups is 2. The maximum atomic E-state index is 12.0. The van der Waals surface area contributed by atoms with Crippen LogP contribution in [0, 0.1) is 11.8 Å². The number of fused-ring (bicyclic) bond motifs is 1. The second-order valence-electron chi connectivity index (χ2n) is 4.76. The number of amides is 2. The lowest BCUT2D eigenvalue weighted by Crippen LogP contribution is -2.32. The van der Waals surface area contributed by atoms with Crippen LogP contribution in [0.5, 0.6) is 0 Å². The van der Waals surface area contributed by atoms with E-state index in [1.807, 2.05) is 30.3 Å². The summed E-state index contributed by atoms with van der Waals surface area (Å²) in [5.41, 5.74) is 1.21. The molecule has 0 aliphatic carbocycles. The monoisotopic (exact) mass is 305 g/mol. The fraction of sp³-hybridized carbons (Fsp3) is 0.0556. The molecular weight excluding hydrogens is 294 g/mol. The molecule has 0 atom stereocenters. The van der Waals surface area contributed by atoms with Gasteiger partial charge in [-0.05, 0) is 24.3 Å². The van der Waals surface area contributed by atoms with Crippen LogP contribution in [-0.4, -0.2) is 22.8 Å². The largest absolute Gasteiger partial charge is 0.345 e. The first-order valence-electron chi connectivity index (χ1n) is 6.89. The molecule has 2 amide bonds. The van der Waals surface area contributed by atoms with Gasteiger partial charge in [-0.25, -0.2) is 4.79 Å². The van der Waals surface area contributed by atoms with Gasteiger partial charge in [0.2, 0.25) is 0 Å². The first kappa shape index (κ1) is 14.5. The van der Waals surface area contributed by atoms with Crippen molar-refractivity contribution in [2.45, 2.75) is 6.42 Å². The molecule has 3 rings (SSSR count). The SMILES string of the molecule is O=C(CC#Cc1ccccc1)ON1C(=O)c2ccccc2C1=O. The Bertz CT molecular complexity index is 811. The summed E-state index contributed by atoms with van der Waals surface area (Å²) in [5, 5.41) is 0.483. The zero-order valence-electron chi connectivity index (χ0n) is 12.0. The highest BCUT2D eigenvalue weighted by Gasteiger charge is 2.38. The molecule has 5 heteroatoms. The number of benzene rings is 2. The molecule has 1 heterocycles. The molecule has 2 aromatic rings. The minimum atomic E-state index is -0.761. The third-order valence-corrected chi connectivity index (χ3v) is 3.19. The van der Waals surface area contributed by atoms with Crippen molar-refractivity contribution in [2.24, 2.45) is 0 Å². The van der Waals surface area contributed by atoms with Gasteiger partial charge in [-0.15, -0.1) is 0 Å². The van der Waals surface area contributed by atoms with Gasteiger partial charge in [0.05, 0.1) is 11.1 Å². The van der Waals surface area contributed by atoms with Crippen LogP contribution in [0.3, 0.4) is 0 Å². The van der Waals surface area contributed by atoms with E-state index in [1.165, 1.54) is 12.1 Å². The highest BCUT2D eigenvalue weighted by atomic mass is 16.7. The average molecular weight is 305 g/mol. The number of imide groups is 1. The van der Waals surface area contributed by atoms with Crippen molar-refractivity contribution in [3.63, 3.8) is 0 Å². The second-order valence-corrected chi connectivity index (χ2v) is 4.76. The van der Waals surface area contributed by atoms with Crippen molar-refractivity contribution in [3.8, 4) is 11.8 Å². The standard InChI is InChI=1S/C18H11NO4/c20-16(12-6-9-13-7-2-1-3-8-13)23-19-17(21)14-10-4-5-11-15(14)18(19)22/h1-5,7-8,10-11H,12H2. The van der Waals surface area contributed by atoms with E-state index in [1.54, 1.807) is 12.1 Å². The predicted octanol–water partition coefficient (Wildman–Crippen LogP) is 2.18. The van der Waals surface area contributed by atoms with Crippen molar-refractivity contribution in [3.05, 3.63) is 71.3 Å². The molecule has 0 saturated carbocycles. The molecule has 0 bridgehead atoms. The van der Waals surface area contributed by atoms with Crippen LogP contribution >= 0.6 is 0 Å². The lowest BCUT2D eigenvalue weighted by atomic mass is 10.1. The molecular formula is C18H11NO4. The smallest absolute Gasteiger partial charge is 0.329 e. The van der Waals surface area contributed by atoms with Crippen LogP contribution in [-0.2, 0) is 9.63 Å². The van der Waals surface area contributed by atoms with Gasteiger partial charge < -0.3 is 4.84 Å². The Hall–Kier alpha value is -3.39. The molecule has 0 spiro atoms. The summed E-state index contributed by atoms with van der Waals surface area (Å²) in [6.45, 7) is 0. The maximum absolute atomic E-state index is 12.0. The Kier molecular flexibility index (Phi) is 3.89. The van der Waals surface area contributed by atoms with E-state index in [2.05, 4.69) is 11.8 Å². The lowest BCUT2D eigenvalue weighted by Gasteiger charge is -2.11. The summed E-state index contributed by atoms with van der Waals surface area (Å²) in [5.74, 6) is 3.40. The molecule has 5 nitrogen and oxygen atoms in total. The molecule has 1 aliphatic heterocycles. The van der Waals surface area contributed by atoms with Crippen molar-refractivity contribution in [1.82, 2.24) is 5.06 Å². The molecule has 2 aromatic carbocycles. The van der Waals surface area contributed by atoms with Gasteiger partial charge in [0.15, 0.2) is 0 Å². The fourth-order valence-electron chi connectivity index (χ4n) is 2.12. The van der Waals surface area contributed by atoms with Crippen molar-refractivity contribution >= 4 is 17.8 Å². The molecule has 112 valence electrons. The van der Waals surface area contributed by atoms with Gasteiger partial charge in [-0.1, -0.05) is 47.2 Å². The van der Waals surface area contributed by atoms with Gasteiger partial charge in [-0.2, -0.15) is 0 Å². The fourth-order valence-corrected chi connectivity index (χ4v) is 2.12. The number of nitrogens with zero attached hydrogens (tertiary/aromatic N) is 1. The highest BCUT2D eigenvalue weighted by Crippen LogP contribution is 2.22. The van der Waals surface area contributed by atoms with E-state index >= 15 is 0 Å². The topological polar surface area (TPSA) is 63.7 Å². The summed E-state index contributed by atoms with van der Waals surface area (Å²) in [4.78, 5) is 40.7. The Balaban J connectivity index is 1.65. The first-order valence-corrected chi connectivity index (χ1v) is 6.89. The van der Waals surface area contributed by atoms with Crippen LogP contribution < -0.4 is 0 Å². The third-order valence-electron chi connectivity index (χ3n) is 3.19. The molecule has 0 unspecified atom stereocenters. The maximum Gasteiger partial charge on any atom is 0.345 e. The van der Waals surface area contributed by atoms with Crippen LogP contribution in [0.4, 0.5) is 0 Å². The zero-order chi connectivity index (χ0) is 16.2. The van der Waals surface area contributed by atoms with Crippen molar-refractivity contribution in [2.75, 3.05) is 0 Å². The van der Waals surface area contributed by atoms with E-state index in [9.17, 15) is 14.4 Å². The van der Waals surface area contributed by atoms with Gasteiger partial charge in [0.25, 0.3) is 11.8 Å². The van der Waals surface area contributed by atoms with E-state index < -0.39 is 17.8 Å². The minimum Gasteiger partial charge on any atom is -0.329 e. The second kappa shape index (κ2) is 6.16.